The third kappa shape index (κ3) is 2.85. The van der Waals surface area contributed by atoms with E-state index in [1.807, 2.05) is 6.92 Å². The molecule has 3 aromatic rings. The van der Waals surface area contributed by atoms with Crippen molar-refractivity contribution in [3.8, 4) is 0 Å². The maximum absolute atomic E-state index is 10.4. The molecule has 2 atom stereocenters. The van der Waals surface area contributed by atoms with Gasteiger partial charge in [0, 0.05) is 55.4 Å². The van der Waals surface area contributed by atoms with Crippen LogP contribution in [0.2, 0.25) is 0 Å². The number of β-amino-alcohol motifs (C(OH)–C–C–N with tert-alkyl or cyclic N) is 1. The van der Waals surface area contributed by atoms with Crippen LogP contribution in [0, 0.1) is 12.8 Å². The van der Waals surface area contributed by atoms with Crippen molar-refractivity contribution in [2.24, 2.45) is 13.0 Å². The van der Waals surface area contributed by atoms with E-state index in [-0.39, 0.29) is 12.0 Å². The number of aromatic amines is 1. The van der Waals surface area contributed by atoms with E-state index in [1.165, 1.54) is 16.5 Å². The Bertz CT molecular complexity index is 850. The van der Waals surface area contributed by atoms with Gasteiger partial charge >= 0.3 is 0 Å². The third-order valence-corrected chi connectivity index (χ3v) is 5.12. The highest BCUT2D eigenvalue weighted by molar-refractivity contribution is 5.83. The molecule has 2 N–H and O–H groups in total. The molecule has 0 spiro atoms. The van der Waals surface area contributed by atoms with Gasteiger partial charge in [-0.1, -0.05) is 12.1 Å². The van der Waals surface area contributed by atoms with Crippen LogP contribution >= 0.6 is 0 Å². The van der Waals surface area contributed by atoms with Gasteiger partial charge in [0.05, 0.1) is 11.8 Å². The molecule has 0 radical (unpaired) electrons. The number of aliphatic hydroxyl groups is 1. The highest BCUT2D eigenvalue weighted by atomic mass is 16.3. The first-order valence-corrected chi connectivity index (χ1v) is 8.54. The molecule has 1 aliphatic heterocycles. The largest absolute Gasteiger partial charge is 0.391 e. The van der Waals surface area contributed by atoms with Gasteiger partial charge in [-0.15, -0.1) is 0 Å². The smallest absolute Gasteiger partial charge is 0.0711 e. The maximum Gasteiger partial charge on any atom is 0.0711 e. The van der Waals surface area contributed by atoms with Crippen molar-refractivity contribution in [2.75, 3.05) is 13.1 Å². The van der Waals surface area contributed by atoms with E-state index in [4.69, 9.17) is 0 Å². The first kappa shape index (κ1) is 15.4. The zero-order valence-electron chi connectivity index (χ0n) is 14.2. The van der Waals surface area contributed by atoms with Crippen LogP contribution in [0.3, 0.4) is 0 Å². The fourth-order valence-electron chi connectivity index (χ4n) is 3.86. The lowest BCUT2D eigenvalue weighted by molar-refractivity contribution is 0.140. The highest BCUT2D eigenvalue weighted by Gasteiger charge is 2.31. The molecule has 24 heavy (non-hydrogen) atoms. The Morgan fingerprint density at radius 3 is 2.96 bits per heavy atom. The number of likely N-dealkylation sites (tertiary alicyclic amines) is 1. The molecule has 0 amide bonds. The van der Waals surface area contributed by atoms with Crippen molar-refractivity contribution in [1.82, 2.24) is 19.7 Å². The summed E-state index contributed by atoms with van der Waals surface area (Å²) in [5.41, 5.74) is 4.71. The van der Waals surface area contributed by atoms with Crippen LogP contribution in [0.1, 0.15) is 17.0 Å². The van der Waals surface area contributed by atoms with Crippen LogP contribution in [-0.2, 0) is 20.0 Å². The second-order valence-corrected chi connectivity index (χ2v) is 7.04. The fourth-order valence-corrected chi connectivity index (χ4v) is 3.86. The summed E-state index contributed by atoms with van der Waals surface area (Å²) in [6.07, 6.45) is 2.66. The van der Waals surface area contributed by atoms with Crippen molar-refractivity contribution < 1.29 is 5.11 Å². The number of rotatable bonds is 4. The molecule has 2 aromatic heterocycles. The van der Waals surface area contributed by atoms with Gasteiger partial charge in [-0.3, -0.25) is 10.00 Å². The van der Waals surface area contributed by atoms with Crippen LogP contribution in [0.15, 0.2) is 36.5 Å². The lowest BCUT2D eigenvalue weighted by Crippen LogP contribution is -2.21. The number of fused-ring (bicyclic) bond motifs is 1. The Hall–Kier alpha value is -2.11. The Morgan fingerprint density at radius 2 is 2.17 bits per heavy atom. The predicted octanol–water partition coefficient (Wildman–Crippen LogP) is 2.25. The lowest BCUT2D eigenvalue weighted by atomic mass is 10.00. The number of hydrogen-bond donors (Lipinski definition) is 2. The molecular formula is C19H24N4O. The summed E-state index contributed by atoms with van der Waals surface area (Å²) in [6.45, 7) is 4.54. The minimum Gasteiger partial charge on any atom is -0.391 e. The van der Waals surface area contributed by atoms with Gasteiger partial charge in [0.25, 0.3) is 0 Å². The molecular weight excluding hydrogens is 300 g/mol. The summed E-state index contributed by atoms with van der Waals surface area (Å²) >= 11 is 0. The Balaban J connectivity index is 1.47. The summed E-state index contributed by atoms with van der Waals surface area (Å²) in [5, 5.41) is 19.0. The van der Waals surface area contributed by atoms with Crippen LogP contribution in [0.4, 0.5) is 0 Å². The van der Waals surface area contributed by atoms with Gasteiger partial charge in [-0.2, -0.15) is 5.10 Å². The number of aryl methyl sites for hydroxylation is 2. The zero-order chi connectivity index (χ0) is 16.7. The summed E-state index contributed by atoms with van der Waals surface area (Å²) in [5.74, 6) is 0.252. The predicted molar refractivity (Wildman–Crippen MR) is 94.7 cm³/mol. The maximum atomic E-state index is 10.4. The van der Waals surface area contributed by atoms with E-state index in [9.17, 15) is 5.11 Å². The molecule has 5 heteroatoms. The first-order valence-electron chi connectivity index (χ1n) is 8.54. The average Bonchev–Trinajstić information content (AvgIpc) is 3.22. The molecule has 0 saturated carbocycles. The molecule has 1 fully saturated rings. The number of aliphatic hydroxyl groups excluding tert-OH is 1. The molecule has 3 heterocycles. The molecule has 126 valence electrons. The normalized spacial score (nSPS) is 21.8. The monoisotopic (exact) mass is 324 g/mol. The lowest BCUT2D eigenvalue weighted by Gasteiger charge is -2.16. The average molecular weight is 324 g/mol. The van der Waals surface area contributed by atoms with Crippen LogP contribution in [0.5, 0.6) is 0 Å². The van der Waals surface area contributed by atoms with Crippen LogP contribution in [0.25, 0.3) is 10.9 Å². The molecule has 1 aromatic carbocycles. The van der Waals surface area contributed by atoms with Crippen molar-refractivity contribution in [3.63, 3.8) is 0 Å². The third-order valence-electron chi connectivity index (χ3n) is 5.12. The molecule has 2 unspecified atom stereocenters. The molecule has 1 aliphatic rings. The van der Waals surface area contributed by atoms with Crippen molar-refractivity contribution in [1.29, 1.82) is 0 Å². The number of H-pyrrole nitrogens is 1. The summed E-state index contributed by atoms with van der Waals surface area (Å²) in [6, 6.07) is 10.7. The highest BCUT2D eigenvalue weighted by Crippen LogP contribution is 2.26. The van der Waals surface area contributed by atoms with E-state index in [0.29, 0.717) is 0 Å². The van der Waals surface area contributed by atoms with E-state index in [1.54, 1.807) is 0 Å². The molecule has 4 rings (SSSR count). The second kappa shape index (κ2) is 6.07. The van der Waals surface area contributed by atoms with E-state index in [0.717, 1.165) is 37.4 Å². The minimum absolute atomic E-state index is 0.252. The zero-order valence-corrected chi connectivity index (χ0v) is 14.2. The van der Waals surface area contributed by atoms with Gasteiger partial charge in [0.2, 0.25) is 0 Å². The topological polar surface area (TPSA) is 57.1 Å². The van der Waals surface area contributed by atoms with Crippen LogP contribution < -0.4 is 0 Å². The van der Waals surface area contributed by atoms with E-state index < -0.39 is 0 Å². The molecule has 1 saturated heterocycles. The van der Waals surface area contributed by atoms with Crippen molar-refractivity contribution in [3.05, 3.63) is 53.5 Å². The Labute approximate surface area is 141 Å². The standard InChI is InChI=1S/C19H24N4O/c1-13-8-16(21-20-13)9-15-11-23(12-19(15)24)10-14-4-3-5-18-17(14)6-7-22(18)2/h3-8,15,19,24H,9-12H2,1-2H3,(H,20,21). The molecule has 5 nitrogen and oxygen atoms in total. The fraction of sp³-hybridized carbons (Fsp3) is 0.421. The Morgan fingerprint density at radius 1 is 1.29 bits per heavy atom. The van der Waals surface area contributed by atoms with E-state index >= 15 is 0 Å². The molecule has 0 aliphatic carbocycles. The van der Waals surface area contributed by atoms with Gasteiger partial charge in [0.1, 0.15) is 0 Å². The van der Waals surface area contributed by atoms with Gasteiger partial charge in [-0.25, -0.2) is 0 Å². The minimum atomic E-state index is -0.281. The quantitative estimate of drug-likeness (QED) is 0.774. The SMILES string of the molecule is Cc1cc(CC2CN(Cc3cccc4c3ccn4C)CC2O)n[nH]1. The van der Waals surface area contributed by atoms with Gasteiger partial charge in [0.15, 0.2) is 0 Å². The summed E-state index contributed by atoms with van der Waals surface area (Å²) < 4.78 is 2.15. The van der Waals surface area contributed by atoms with Crippen molar-refractivity contribution >= 4 is 10.9 Å². The second-order valence-electron chi connectivity index (χ2n) is 7.04. The number of nitrogens with zero attached hydrogens (tertiary/aromatic N) is 3. The Kier molecular flexibility index (Phi) is 3.90. The summed E-state index contributed by atoms with van der Waals surface area (Å²) in [4.78, 5) is 2.36. The van der Waals surface area contributed by atoms with Gasteiger partial charge in [-0.05, 0) is 37.1 Å². The van der Waals surface area contributed by atoms with Crippen LogP contribution in [-0.4, -0.2) is 44.0 Å². The summed E-state index contributed by atoms with van der Waals surface area (Å²) in [7, 11) is 2.08. The number of benzene rings is 1. The van der Waals surface area contributed by atoms with Crippen molar-refractivity contribution in [2.45, 2.75) is 26.0 Å². The molecule has 0 bridgehead atoms. The number of aromatic nitrogens is 3. The van der Waals surface area contributed by atoms with E-state index in [2.05, 4.69) is 63.2 Å². The number of nitrogens with one attached hydrogen (secondary N) is 1. The van der Waals surface area contributed by atoms with Gasteiger partial charge < -0.3 is 9.67 Å². The number of hydrogen-bond acceptors (Lipinski definition) is 3. The first-order chi connectivity index (χ1) is 11.6.